The van der Waals surface area contributed by atoms with Gasteiger partial charge in [0.25, 0.3) is 0 Å². The molecule has 1 heterocycles. The molecule has 0 fully saturated rings. The lowest BCUT2D eigenvalue weighted by Crippen LogP contribution is -2.30. The molecule has 1 aromatic heterocycles. The van der Waals surface area contributed by atoms with Gasteiger partial charge in [0.1, 0.15) is 0 Å². The van der Waals surface area contributed by atoms with Crippen LogP contribution in [0, 0.1) is 20.8 Å². The lowest BCUT2D eigenvalue weighted by atomic mass is 10.1. The monoisotopic (exact) mass is 448 g/mol. The molecule has 0 amide bonds. The van der Waals surface area contributed by atoms with Crippen LogP contribution in [0.2, 0.25) is 0 Å². The number of hydrogen-bond donors (Lipinski definition) is 2. The average molecular weight is 449 g/mol. The Morgan fingerprint density at radius 1 is 1.27 bits per heavy atom. The van der Waals surface area contributed by atoms with Crippen molar-refractivity contribution < 1.29 is 13.2 Å². The first kappa shape index (κ1) is 20.7. The second kappa shape index (κ2) is 8.39. The molecular formula is C17H20BrF3N4S. The van der Waals surface area contributed by atoms with Crippen molar-refractivity contribution in [3.8, 4) is 0 Å². The minimum Gasteiger partial charge on any atom is -0.362 e. The summed E-state index contributed by atoms with van der Waals surface area (Å²) in [5, 5.41) is 10.3. The average Bonchev–Trinajstić information content (AvgIpc) is 2.84. The SMILES string of the molecule is Cc1cccc(NC(=S)NCCCn2nc(C(F)(F)F)c(Br)c2C)c1C. The lowest BCUT2D eigenvalue weighted by Gasteiger charge is -2.14. The van der Waals surface area contributed by atoms with E-state index in [4.69, 9.17) is 12.2 Å². The molecule has 0 saturated carbocycles. The smallest absolute Gasteiger partial charge is 0.362 e. The Labute approximate surface area is 164 Å². The summed E-state index contributed by atoms with van der Waals surface area (Å²) in [5.74, 6) is 0. The molecule has 0 atom stereocenters. The highest BCUT2D eigenvalue weighted by atomic mass is 79.9. The van der Waals surface area contributed by atoms with Crippen LogP contribution in [0.4, 0.5) is 18.9 Å². The third kappa shape index (κ3) is 4.97. The number of aryl methyl sites for hydroxylation is 2. The number of alkyl halides is 3. The highest BCUT2D eigenvalue weighted by molar-refractivity contribution is 9.10. The van der Waals surface area contributed by atoms with Gasteiger partial charge in [0, 0.05) is 18.8 Å². The molecule has 0 aliphatic rings. The number of hydrogen-bond acceptors (Lipinski definition) is 2. The number of nitrogens with one attached hydrogen (secondary N) is 2. The van der Waals surface area contributed by atoms with Gasteiger partial charge in [-0.15, -0.1) is 0 Å². The third-order valence-corrected chi connectivity index (χ3v) is 5.28. The van der Waals surface area contributed by atoms with Gasteiger partial charge in [-0.3, -0.25) is 4.68 Å². The summed E-state index contributed by atoms with van der Waals surface area (Å²) in [4.78, 5) is 0. The molecule has 4 nitrogen and oxygen atoms in total. The van der Waals surface area contributed by atoms with Crippen LogP contribution in [0.1, 0.15) is 28.9 Å². The number of halogens is 4. The van der Waals surface area contributed by atoms with Crippen molar-refractivity contribution in [3.63, 3.8) is 0 Å². The molecule has 0 aliphatic carbocycles. The van der Waals surface area contributed by atoms with Crippen LogP contribution in [0.15, 0.2) is 22.7 Å². The van der Waals surface area contributed by atoms with E-state index in [0.29, 0.717) is 30.3 Å². The Kier molecular flexibility index (Phi) is 6.68. The zero-order chi connectivity index (χ0) is 19.5. The highest BCUT2D eigenvalue weighted by Crippen LogP contribution is 2.35. The summed E-state index contributed by atoms with van der Waals surface area (Å²) < 4.78 is 39.9. The van der Waals surface area contributed by atoms with E-state index in [2.05, 4.69) is 31.7 Å². The zero-order valence-electron chi connectivity index (χ0n) is 14.7. The summed E-state index contributed by atoms with van der Waals surface area (Å²) in [5.41, 5.74) is 2.78. The second-order valence-electron chi connectivity index (χ2n) is 5.95. The molecule has 0 saturated heterocycles. The van der Waals surface area contributed by atoms with Gasteiger partial charge in [-0.25, -0.2) is 0 Å². The molecule has 0 radical (unpaired) electrons. The van der Waals surface area contributed by atoms with Crippen LogP contribution in [-0.4, -0.2) is 21.4 Å². The molecule has 1 aromatic carbocycles. The third-order valence-electron chi connectivity index (χ3n) is 4.09. The first-order valence-electron chi connectivity index (χ1n) is 8.02. The quantitative estimate of drug-likeness (QED) is 0.500. The van der Waals surface area contributed by atoms with Gasteiger partial charge in [-0.05, 0) is 72.5 Å². The van der Waals surface area contributed by atoms with Gasteiger partial charge >= 0.3 is 6.18 Å². The Hall–Kier alpha value is -1.61. The van der Waals surface area contributed by atoms with Crippen molar-refractivity contribution in [2.75, 3.05) is 11.9 Å². The predicted octanol–water partition coefficient (Wildman–Crippen LogP) is 4.97. The first-order valence-corrected chi connectivity index (χ1v) is 9.22. The Bertz CT molecular complexity index is 802. The van der Waals surface area contributed by atoms with Crippen molar-refractivity contribution in [1.29, 1.82) is 0 Å². The molecule has 9 heteroatoms. The number of aromatic nitrogens is 2. The van der Waals surface area contributed by atoms with E-state index in [-0.39, 0.29) is 4.47 Å². The fourth-order valence-electron chi connectivity index (χ4n) is 2.41. The van der Waals surface area contributed by atoms with E-state index >= 15 is 0 Å². The maximum Gasteiger partial charge on any atom is 0.436 e. The Balaban J connectivity index is 1.85. The normalized spacial score (nSPS) is 11.5. The van der Waals surface area contributed by atoms with Crippen LogP contribution in [0.3, 0.4) is 0 Å². The van der Waals surface area contributed by atoms with Gasteiger partial charge in [0.05, 0.1) is 10.2 Å². The summed E-state index contributed by atoms with van der Waals surface area (Å²) >= 11 is 8.24. The number of anilines is 1. The van der Waals surface area contributed by atoms with Gasteiger partial charge in [0.2, 0.25) is 0 Å². The minimum absolute atomic E-state index is 0.00920. The molecule has 26 heavy (non-hydrogen) atoms. The molecular weight excluding hydrogens is 429 g/mol. The minimum atomic E-state index is -4.47. The summed E-state index contributed by atoms with van der Waals surface area (Å²) in [7, 11) is 0. The molecule has 142 valence electrons. The van der Waals surface area contributed by atoms with Crippen molar-refractivity contribution in [3.05, 3.63) is 45.2 Å². The van der Waals surface area contributed by atoms with Crippen molar-refractivity contribution in [2.45, 2.75) is 39.9 Å². The van der Waals surface area contributed by atoms with E-state index in [9.17, 15) is 13.2 Å². The molecule has 2 aromatic rings. The topological polar surface area (TPSA) is 41.9 Å². The van der Waals surface area contributed by atoms with E-state index in [0.717, 1.165) is 16.8 Å². The number of benzene rings is 1. The van der Waals surface area contributed by atoms with Gasteiger partial charge in [0.15, 0.2) is 10.8 Å². The van der Waals surface area contributed by atoms with E-state index in [1.807, 2.05) is 32.0 Å². The van der Waals surface area contributed by atoms with Crippen LogP contribution in [0.5, 0.6) is 0 Å². The fraction of sp³-hybridized carbons (Fsp3) is 0.412. The van der Waals surface area contributed by atoms with Gasteiger partial charge in [-0.2, -0.15) is 18.3 Å². The van der Waals surface area contributed by atoms with Crippen molar-refractivity contribution >= 4 is 38.9 Å². The van der Waals surface area contributed by atoms with Crippen LogP contribution >= 0.6 is 28.1 Å². The second-order valence-corrected chi connectivity index (χ2v) is 7.15. The lowest BCUT2D eigenvalue weighted by molar-refractivity contribution is -0.142. The largest absolute Gasteiger partial charge is 0.436 e. The number of rotatable bonds is 5. The standard InChI is InChI=1S/C17H20BrF3N4S/c1-10-6-4-7-13(11(10)2)23-16(26)22-8-5-9-25-12(3)14(18)15(24-25)17(19,20)21/h4,6-7H,5,8-9H2,1-3H3,(H2,22,23,26). The highest BCUT2D eigenvalue weighted by Gasteiger charge is 2.37. The number of nitrogens with zero attached hydrogens (tertiary/aromatic N) is 2. The fourth-order valence-corrected chi connectivity index (χ4v) is 3.13. The summed E-state index contributed by atoms with van der Waals surface area (Å²) in [6.07, 6.45) is -3.88. The Morgan fingerprint density at radius 3 is 2.58 bits per heavy atom. The van der Waals surface area contributed by atoms with E-state index in [1.165, 1.54) is 4.68 Å². The van der Waals surface area contributed by atoms with E-state index in [1.54, 1.807) is 6.92 Å². The molecule has 2 N–H and O–H groups in total. The molecule has 0 spiro atoms. The summed E-state index contributed by atoms with van der Waals surface area (Å²) in [6.45, 7) is 6.52. The summed E-state index contributed by atoms with van der Waals surface area (Å²) in [6, 6.07) is 5.92. The van der Waals surface area contributed by atoms with E-state index < -0.39 is 11.9 Å². The van der Waals surface area contributed by atoms with Gasteiger partial charge in [-0.1, -0.05) is 12.1 Å². The van der Waals surface area contributed by atoms with Crippen molar-refractivity contribution in [2.24, 2.45) is 0 Å². The van der Waals surface area contributed by atoms with Gasteiger partial charge < -0.3 is 10.6 Å². The molecule has 2 rings (SSSR count). The van der Waals surface area contributed by atoms with Crippen molar-refractivity contribution in [1.82, 2.24) is 15.1 Å². The first-order chi connectivity index (χ1) is 12.1. The molecule has 0 aliphatic heterocycles. The molecule has 0 bridgehead atoms. The van der Waals surface area contributed by atoms with Crippen LogP contribution < -0.4 is 10.6 Å². The Morgan fingerprint density at radius 2 is 1.96 bits per heavy atom. The number of thiocarbonyl (C=S) groups is 1. The van der Waals surface area contributed by atoms with Crippen LogP contribution in [-0.2, 0) is 12.7 Å². The van der Waals surface area contributed by atoms with Crippen LogP contribution in [0.25, 0.3) is 0 Å². The molecule has 0 unspecified atom stereocenters. The predicted molar refractivity (Wildman–Crippen MR) is 104 cm³/mol. The maximum atomic E-state index is 12.9. The zero-order valence-corrected chi connectivity index (χ0v) is 17.1. The maximum absolute atomic E-state index is 12.9.